The van der Waals surface area contributed by atoms with Crippen molar-refractivity contribution in [2.45, 2.75) is 6.92 Å². The van der Waals surface area contributed by atoms with E-state index in [0.29, 0.717) is 21.6 Å². The third-order valence-corrected chi connectivity index (χ3v) is 2.77. The standard InChI is InChI=1S/C10H6Cl2N4/c1-5-13-10-9(12)14-7-3-2-6(11)4-8(7)16(10)15-5/h2-4H,1H3. The van der Waals surface area contributed by atoms with E-state index in [1.165, 1.54) is 0 Å². The van der Waals surface area contributed by atoms with Gasteiger partial charge in [0.25, 0.3) is 0 Å². The third kappa shape index (κ3) is 1.34. The first-order valence-electron chi connectivity index (χ1n) is 4.63. The number of hydrogen-bond acceptors (Lipinski definition) is 3. The summed E-state index contributed by atoms with van der Waals surface area (Å²) in [6, 6.07) is 5.37. The second-order valence-electron chi connectivity index (χ2n) is 3.43. The normalized spacial score (nSPS) is 11.4. The summed E-state index contributed by atoms with van der Waals surface area (Å²) in [5.41, 5.74) is 2.09. The van der Waals surface area contributed by atoms with Crippen molar-refractivity contribution in [1.29, 1.82) is 0 Å². The summed E-state index contributed by atoms with van der Waals surface area (Å²) < 4.78 is 1.66. The van der Waals surface area contributed by atoms with Gasteiger partial charge in [0.2, 0.25) is 0 Å². The Morgan fingerprint density at radius 3 is 2.81 bits per heavy atom. The molecule has 0 bridgehead atoms. The van der Waals surface area contributed by atoms with Crippen molar-refractivity contribution in [1.82, 2.24) is 19.6 Å². The Hall–Kier alpha value is -1.39. The first-order chi connectivity index (χ1) is 7.65. The Labute approximate surface area is 101 Å². The minimum atomic E-state index is 0.343. The third-order valence-electron chi connectivity index (χ3n) is 2.28. The lowest BCUT2D eigenvalue weighted by Gasteiger charge is -2.01. The van der Waals surface area contributed by atoms with Crippen LogP contribution >= 0.6 is 23.2 Å². The molecule has 16 heavy (non-hydrogen) atoms. The Balaban J connectivity index is 2.59. The molecule has 4 nitrogen and oxygen atoms in total. The second kappa shape index (κ2) is 3.30. The SMILES string of the molecule is Cc1nc2c(Cl)nc3ccc(Cl)cc3n2n1. The van der Waals surface area contributed by atoms with E-state index < -0.39 is 0 Å². The zero-order valence-electron chi connectivity index (χ0n) is 8.28. The van der Waals surface area contributed by atoms with Gasteiger partial charge in [0.1, 0.15) is 5.82 Å². The maximum atomic E-state index is 6.02. The molecule has 0 saturated heterocycles. The molecule has 0 spiro atoms. The van der Waals surface area contributed by atoms with Crippen molar-refractivity contribution in [2.75, 3.05) is 0 Å². The molecule has 0 saturated carbocycles. The van der Waals surface area contributed by atoms with Crippen LogP contribution in [0.2, 0.25) is 10.2 Å². The zero-order valence-corrected chi connectivity index (χ0v) is 9.79. The van der Waals surface area contributed by atoms with Gasteiger partial charge in [-0.05, 0) is 25.1 Å². The summed E-state index contributed by atoms with van der Waals surface area (Å²) in [6.07, 6.45) is 0. The van der Waals surface area contributed by atoms with Crippen LogP contribution < -0.4 is 0 Å². The Morgan fingerprint density at radius 1 is 1.19 bits per heavy atom. The Kier molecular flexibility index (Phi) is 2.02. The molecule has 3 rings (SSSR count). The van der Waals surface area contributed by atoms with Crippen LogP contribution in [0.4, 0.5) is 0 Å². The van der Waals surface area contributed by atoms with Gasteiger partial charge in [-0.25, -0.2) is 14.5 Å². The molecule has 0 amide bonds. The number of hydrogen-bond donors (Lipinski definition) is 0. The highest BCUT2D eigenvalue weighted by molar-refractivity contribution is 6.33. The molecule has 0 N–H and O–H groups in total. The fourth-order valence-corrected chi connectivity index (χ4v) is 2.01. The fraction of sp³-hybridized carbons (Fsp3) is 0.100. The zero-order chi connectivity index (χ0) is 11.3. The van der Waals surface area contributed by atoms with Crippen molar-refractivity contribution in [3.05, 3.63) is 34.2 Å². The minimum absolute atomic E-state index is 0.343. The van der Waals surface area contributed by atoms with Gasteiger partial charge in [0.05, 0.1) is 11.0 Å². The molecular weight excluding hydrogens is 247 g/mol. The van der Waals surface area contributed by atoms with Crippen LogP contribution in [0.5, 0.6) is 0 Å². The van der Waals surface area contributed by atoms with E-state index in [-0.39, 0.29) is 0 Å². The lowest BCUT2D eigenvalue weighted by atomic mass is 10.3. The lowest BCUT2D eigenvalue weighted by Crippen LogP contribution is -1.94. The molecular formula is C10H6Cl2N4. The van der Waals surface area contributed by atoms with Gasteiger partial charge < -0.3 is 0 Å². The molecule has 6 heteroatoms. The lowest BCUT2D eigenvalue weighted by molar-refractivity contribution is 0.960. The minimum Gasteiger partial charge on any atom is -0.231 e. The van der Waals surface area contributed by atoms with Gasteiger partial charge >= 0.3 is 0 Å². The molecule has 1 aromatic carbocycles. The van der Waals surface area contributed by atoms with E-state index in [4.69, 9.17) is 23.2 Å². The summed E-state index contributed by atoms with van der Waals surface area (Å²) in [5, 5.41) is 5.24. The highest BCUT2D eigenvalue weighted by Gasteiger charge is 2.10. The maximum Gasteiger partial charge on any atom is 0.193 e. The molecule has 80 valence electrons. The first-order valence-corrected chi connectivity index (χ1v) is 5.39. The van der Waals surface area contributed by atoms with E-state index >= 15 is 0 Å². The van der Waals surface area contributed by atoms with Crippen molar-refractivity contribution < 1.29 is 0 Å². The van der Waals surface area contributed by atoms with E-state index in [2.05, 4.69) is 15.1 Å². The summed E-state index contributed by atoms with van der Waals surface area (Å²) in [5.74, 6) is 0.649. The predicted octanol–water partition coefficient (Wildman–Crippen LogP) is 2.89. The average molecular weight is 253 g/mol. The number of rotatable bonds is 0. The molecule has 0 unspecified atom stereocenters. The second-order valence-corrected chi connectivity index (χ2v) is 4.22. The highest BCUT2D eigenvalue weighted by atomic mass is 35.5. The number of halogens is 2. The molecule has 0 aliphatic carbocycles. The molecule has 0 fully saturated rings. The van der Waals surface area contributed by atoms with Crippen molar-refractivity contribution >= 4 is 39.9 Å². The molecule has 0 radical (unpaired) electrons. The predicted molar refractivity (Wildman–Crippen MR) is 63.0 cm³/mol. The van der Waals surface area contributed by atoms with Gasteiger partial charge in [0, 0.05) is 5.02 Å². The summed E-state index contributed by atoms with van der Waals surface area (Å²) >= 11 is 12.0. The van der Waals surface area contributed by atoms with Crippen LogP contribution in [-0.2, 0) is 0 Å². The van der Waals surface area contributed by atoms with Crippen LogP contribution in [0.1, 0.15) is 5.82 Å². The monoisotopic (exact) mass is 252 g/mol. The van der Waals surface area contributed by atoms with Gasteiger partial charge in [0.15, 0.2) is 10.8 Å². The molecule has 2 heterocycles. The smallest absolute Gasteiger partial charge is 0.193 e. The average Bonchev–Trinajstić information content (AvgIpc) is 2.62. The van der Waals surface area contributed by atoms with E-state index in [0.717, 1.165) is 11.0 Å². The van der Waals surface area contributed by atoms with Gasteiger partial charge in [-0.1, -0.05) is 23.2 Å². The topological polar surface area (TPSA) is 43.1 Å². The van der Waals surface area contributed by atoms with Crippen molar-refractivity contribution in [3.63, 3.8) is 0 Å². The maximum absolute atomic E-state index is 6.02. The number of fused-ring (bicyclic) bond motifs is 3. The Morgan fingerprint density at radius 2 is 2.00 bits per heavy atom. The van der Waals surface area contributed by atoms with Crippen LogP contribution in [0.15, 0.2) is 18.2 Å². The van der Waals surface area contributed by atoms with Crippen molar-refractivity contribution in [3.8, 4) is 0 Å². The summed E-state index contributed by atoms with van der Waals surface area (Å²) in [7, 11) is 0. The van der Waals surface area contributed by atoms with Crippen LogP contribution in [0.3, 0.4) is 0 Å². The van der Waals surface area contributed by atoms with Gasteiger partial charge in [-0.2, -0.15) is 5.10 Å². The number of aryl methyl sites for hydroxylation is 1. The van der Waals surface area contributed by atoms with Crippen LogP contribution in [0, 0.1) is 6.92 Å². The summed E-state index contributed by atoms with van der Waals surface area (Å²) in [4.78, 5) is 8.45. The van der Waals surface area contributed by atoms with Crippen LogP contribution in [-0.4, -0.2) is 19.6 Å². The largest absolute Gasteiger partial charge is 0.231 e. The molecule has 0 aliphatic heterocycles. The number of nitrogens with zero attached hydrogens (tertiary/aromatic N) is 4. The van der Waals surface area contributed by atoms with E-state index in [9.17, 15) is 0 Å². The van der Waals surface area contributed by atoms with Crippen molar-refractivity contribution in [2.24, 2.45) is 0 Å². The molecule has 3 aromatic rings. The summed E-state index contributed by atoms with van der Waals surface area (Å²) in [6.45, 7) is 1.81. The van der Waals surface area contributed by atoms with Gasteiger partial charge in [-0.3, -0.25) is 0 Å². The van der Waals surface area contributed by atoms with Gasteiger partial charge in [-0.15, -0.1) is 0 Å². The van der Waals surface area contributed by atoms with E-state index in [1.54, 1.807) is 29.6 Å². The first kappa shape index (κ1) is 9.81. The highest BCUT2D eigenvalue weighted by Crippen LogP contribution is 2.22. The quantitative estimate of drug-likeness (QED) is 0.618. The number of aromatic nitrogens is 4. The molecule has 0 atom stereocenters. The number of benzene rings is 1. The fourth-order valence-electron chi connectivity index (χ4n) is 1.63. The molecule has 2 aromatic heterocycles. The molecule has 0 aliphatic rings. The van der Waals surface area contributed by atoms with E-state index in [1.807, 2.05) is 0 Å². The Bertz CT molecular complexity index is 705. The van der Waals surface area contributed by atoms with Crippen LogP contribution in [0.25, 0.3) is 16.7 Å².